The second-order valence-electron chi connectivity index (χ2n) is 5.36. The smallest absolute Gasteiger partial charge is 0.374 e. The lowest BCUT2D eigenvalue weighted by molar-refractivity contribution is -0.137. The van der Waals surface area contributed by atoms with Crippen LogP contribution in [0.15, 0.2) is 24.3 Å². The third kappa shape index (κ3) is 4.18. The molecule has 1 aliphatic rings. The van der Waals surface area contributed by atoms with Crippen molar-refractivity contribution >= 4 is 0 Å². The molecule has 2 unspecified atom stereocenters. The van der Waals surface area contributed by atoms with E-state index >= 15 is 0 Å². The molecule has 1 aromatic carbocycles. The van der Waals surface area contributed by atoms with Crippen LogP contribution in [0.3, 0.4) is 0 Å². The Balaban J connectivity index is 2.10. The molecular formula is C15H21F3N2O. The lowest BCUT2D eigenvalue weighted by Crippen LogP contribution is -2.47. The van der Waals surface area contributed by atoms with Crippen molar-refractivity contribution in [2.24, 2.45) is 5.73 Å². The number of morpholine rings is 1. The van der Waals surface area contributed by atoms with Crippen LogP contribution in [0.1, 0.15) is 30.5 Å². The van der Waals surface area contributed by atoms with Gasteiger partial charge in [0.1, 0.15) is 0 Å². The van der Waals surface area contributed by atoms with Gasteiger partial charge in [0.15, 0.2) is 0 Å². The molecule has 2 rings (SSSR count). The summed E-state index contributed by atoms with van der Waals surface area (Å²) < 4.78 is 43.9. The molecular weight excluding hydrogens is 281 g/mol. The zero-order valence-electron chi connectivity index (χ0n) is 12.1. The summed E-state index contributed by atoms with van der Waals surface area (Å²) in [6, 6.07) is 4.65. The predicted octanol–water partition coefficient (Wildman–Crippen LogP) is 2.82. The van der Waals surface area contributed by atoms with E-state index in [1.807, 2.05) is 0 Å². The third-order valence-corrected chi connectivity index (χ3v) is 3.72. The molecule has 1 saturated heterocycles. The molecule has 2 atom stereocenters. The lowest BCUT2D eigenvalue weighted by Gasteiger charge is -2.35. The van der Waals surface area contributed by atoms with Crippen molar-refractivity contribution in [1.29, 1.82) is 0 Å². The van der Waals surface area contributed by atoms with Crippen LogP contribution in [-0.4, -0.2) is 37.2 Å². The first-order chi connectivity index (χ1) is 9.91. The van der Waals surface area contributed by atoms with Crippen molar-refractivity contribution in [2.75, 3.05) is 26.2 Å². The third-order valence-electron chi connectivity index (χ3n) is 3.72. The highest BCUT2D eigenvalue weighted by molar-refractivity contribution is 5.28. The van der Waals surface area contributed by atoms with Crippen LogP contribution >= 0.6 is 0 Å². The fourth-order valence-electron chi connectivity index (χ4n) is 2.61. The minimum Gasteiger partial charge on any atom is -0.374 e. The maximum absolute atomic E-state index is 12.8. The van der Waals surface area contributed by atoms with E-state index in [-0.39, 0.29) is 6.10 Å². The molecule has 1 aliphatic heterocycles. The number of hydrogen-bond donors (Lipinski definition) is 1. The van der Waals surface area contributed by atoms with E-state index in [0.29, 0.717) is 18.7 Å². The van der Waals surface area contributed by atoms with Crippen LogP contribution in [0.4, 0.5) is 13.2 Å². The van der Waals surface area contributed by atoms with Crippen molar-refractivity contribution < 1.29 is 17.9 Å². The van der Waals surface area contributed by atoms with Gasteiger partial charge in [-0.05, 0) is 30.7 Å². The molecule has 21 heavy (non-hydrogen) atoms. The van der Waals surface area contributed by atoms with Crippen molar-refractivity contribution in [3.8, 4) is 0 Å². The zero-order valence-corrected chi connectivity index (χ0v) is 12.1. The molecule has 3 nitrogen and oxygen atoms in total. The van der Waals surface area contributed by atoms with Gasteiger partial charge in [-0.25, -0.2) is 0 Å². The van der Waals surface area contributed by atoms with E-state index in [0.717, 1.165) is 31.6 Å². The van der Waals surface area contributed by atoms with Gasteiger partial charge in [0, 0.05) is 13.1 Å². The molecule has 0 spiro atoms. The molecule has 0 amide bonds. The Bertz CT molecular complexity index is 462. The molecule has 1 fully saturated rings. The second-order valence-corrected chi connectivity index (χ2v) is 5.36. The van der Waals surface area contributed by atoms with Crippen LogP contribution in [0.2, 0.25) is 0 Å². The predicted molar refractivity (Wildman–Crippen MR) is 74.8 cm³/mol. The largest absolute Gasteiger partial charge is 0.416 e. The molecule has 0 aromatic heterocycles. The number of nitrogens with two attached hydrogens (primary N) is 1. The van der Waals surface area contributed by atoms with Crippen LogP contribution in [0.25, 0.3) is 0 Å². The van der Waals surface area contributed by atoms with Gasteiger partial charge in [-0.15, -0.1) is 0 Å². The normalized spacial score (nSPS) is 22.2. The summed E-state index contributed by atoms with van der Waals surface area (Å²) in [5.41, 5.74) is 5.92. The standard InChI is InChI=1S/C15H21F3N2O/c1-2-6-20-7-8-21-13(10-20)14(19)11-4-3-5-12(9-11)15(16,17)18/h3-5,9,13-14H,2,6-8,10,19H2,1H3. The van der Waals surface area contributed by atoms with E-state index in [9.17, 15) is 13.2 Å². The first kappa shape index (κ1) is 16.3. The minimum absolute atomic E-state index is 0.270. The fourth-order valence-corrected chi connectivity index (χ4v) is 2.61. The molecule has 2 N–H and O–H groups in total. The van der Waals surface area contributed by atoms with Crippen molar-refractivity contribution in [3.05, 3.63) is 35.4 Å². The Hall–Kier alpha value is -1.11. The van der Waals surface area contributed by atoms with Gasteiger partial charge in [-0.3, -0.25) is 4.90 Å². The minimum atomic E-state index is -4.35. The van der Waals surface area contributed by atoms with Gasteiger partial charge in [0.25, 0.3) is 0 Å². The van der Waals surface area contributed by atoms with Crippen molar-refractivity contribution in [3.63, 3.8) is 0 Å². The topological polar surface area (TPSA) is 38.5 Å². The molecule has 1 heterocycles. The highest BCUT2D eigenvalue weighted by Crippen LogP contribution is 2.31. The van der Waals surface area contributed by atoms with Gasteiger partial charge < -0.3 is 10.5 Å². The maximum atomic E-state index is 12.8. The van der Waals surface area contributed by atoms with Crippen molar-refractivity contribution in [1.82, 2.24) is 4.90 Å². The van der Waals surface area contributed by atoms with Crippen LogP contribution < -0.4 is 5.73 Å². The second kappa shape index (κ2) is 6.77. The van der Waals surface area contributed by atoms with Gasteiger partial charge >= 0.3 is 6.18 Å². The summed E-state index contributed by atoms with van der Waals surface area (Å²) in [5.74, 6) is 0. The Morgan fingerprint density at radius 1 is 1.43 bits per heavy atom. The van der Waals surface area contributed by atoms with E-state index in [4.69, 9.17) is 10.5 Å². The fraction of sp³-hybridized carbons (Fsp3) is 0.600. The first-order valence-electron chi connectivity index (χ1n) is 7.18. The highest BCUT2D eigenvalue weighted by Gasteiger charge is 2.32. The number of ether oxygens (including phenoxy) is 1. The Kier molecular flexibility index (Phi) is 5.24. The number of nitrogens with zero attached hydrogens (tertiary/aromatic N) is 1. The average molecular weight is 302 g/mol. The first-order valence-corrected chi connectivity index (χ1v) is 7.18. The maximum Gasteiger partial charge on any atom is 0.416 e. The molecule has 0 saturated carbocycles. The molecule has 118 valence electrons. The quantitative estimate of drug-likeness (QED) is 0.929. The van der Waals surface area contributed by atoms with E-state index < -0.39 is 17.8 Å². The van der Waals surface area contributed by atoms with Gasteiger partial charge in [0.05, 0.1) is 24.3 Å². The van der Waals surface area contributed by atoms with E-state index in [1.54, 1.807) is 6.07 Å². The number of rotatable bonds is 4. The highest BCUT2D eigenvalue weighted by atomic mass is 19.4. The monoisotopic (exact) mass is 302 g/mol. The number of benzene rings is 1. The van der Waals surface area contributed by atoms with E-state index in [2.05, 4.69) is 11.8 Å². The van der Waals surface area contributed by atoms with Gasteiger partial charge in [0.2, 0.25) is 0 Å². The molecule has 0 aliphatic carbocycles. The zero-order chi connectivity index (χ0) is 15.5. The van der Waals surface area contributed by atoms with Crippen LogP contribution in [0, 0.1) is 0 Å². The molecule has 0 radical (unpaired) electrons. The molecule has 0 bridgehead atoms. The van der Waals surface area contributed by atoms with Gasteiger partial charge in [-0.1, -0.05) is 19.1 Å². The summed E-state index contributed by atoms with van der Waals surface area (Å²) in [7, 11) is 0. The number of halogens is 3. The average Bonchev–Trinajstić information content (AvgIpc) is 2.46. The molecule has 1 aromatic rings. The van der Waals surface area contributed by atoms with Crippen LogP contribution in [0.5, 0.6) is 0 Å². The van der Waals surface area contributed by atoms with Crippen molar-refractivity contribution in [2.45, 2.75) is 31.7 Å². The van der Waals surface area contributed by atoms with E-state index in [1.165, 1.54) is 6.07 Å². The summed E-state index contributed by atoms with van der Waals surface area (Å²) in [6.45, 7) is 5.12. The summed E-state index contributed by atoms with van der Waals surface area (Å²) >= 11 is 0. The summed E-state index contributed by atoms with van der Waals surface area (Å²) in [5, 5.41) is 0. The Morgan fingerprint density at radius 2 is 2.19 bits per heavy atom. The Labute approximate surface area is 122 Å². The SMILES string of the molecule is CCCN1CCOC(C(N)c2cccc(C(F)(F)F)c2)C1. The Morgan fingerprint density at radius 3 is 2.86 bits per heavy atom. The lowest BCUT2D eigenvalue weighted by atomic mass is 9.98. The summed E-state index contributed by atoms with van der Waals surface area (Å²) in [6.07, 6.45) is -3.59. The molecule has 6 heteroatoms. The van der Waals surface area contributed by atoms with Gasteiger partial charge in [-0.2, -0.15) is 13.2 Å². The number of hydrogen-bond acceptors (Lipinski definition) is 3. The number of alkyl halides is 3. The summed E-state index contributed by atoms with van der Waals surface area (Å²) in [4.78, 5) is 2.24. The van der Waals surface area contributed by atoms with Crippen LogP contribution in [-0.2, 0) is 10.9 Å².